The van der Waals surface area contributed by atoms with Crippen molar-refractivity contribution in [1.29, 1.82) is 0 Å². The Balaban J connectivity index is 2.44. The Morgan fingerprint density at radius 2 is 1.94 bits per heavy atom. The van der Waals surface area contributed by atoms with E-state index in [1.807, 2.05) is 0 Å². The molecule has 0 saturated heterocycles. The van der Waals surface area contributed by atoms with E-state index < -0.39 is 10.1 Å². The zero-order chi connectivity index (χ0) is 14.0. The van der Waals surface area contributed by atoms with Crippen molar-refractivity contribution in [2.75, 3.05) is 18.8 Å². The Bertz CT molecular complexity index is 381. The SMILES string of the molecule is CC1(C)CC(N)CC(C)(CNCCS(=O)(=O)O)C1. The first kappa shape index (κ1) is 15.9. The summed E-state index contributed by atoms with van der Waals surface area (Å²) >= 11 is 0. The molecule has 0 heterocycles. The van der Waals surface area contributed by atoms with Crippen molar-refractivity contribution in [1.82, 2.24) is 5.32 Å². The van der Waals surface area contributed by atoms with Gasteiger partial charge in [-0.1, -0.05) is 20.8 Å². The average molecular weight is 278 g/mol. The smallest absolute Gasteiger partial charge is 0.266 e. The van der Waals surface area contributed by atoms with Crippen molar-refractivity contribution in [3.63, 3.8) is 0 Å². The van der Waals surface area contributed by atoms with Gasteiger partial charge < -0.3 is 11.1 Å². The van der Waals surface area contributed by atoms with Gasteiger partial charge in [-0.25, -0.2) is 0 Å². The lowest BCUT2D eigenvalue weighted by atomic mass is 9.63. The van der Waals surface area contributed by atoms with E-state index in [1.54, 1.807) is 0 Å². The van der Waals surface area contributed by atoms with Gasteiger partial charge in [0, 0.05) is 19.1 Å². The molecule has 6 heteroatoms. The van der Waals surface area contributed by atoms with Crippen molar-refractivity contribution in [2.24, 2.45) is 16.6 Å². The van der Waals surface area contributed by atoms with Crippen molar-refractivity contribution < 1.29 is 13.0 Å². The summed E-state index contributed by atoms with van der Waals surface area (Å²) < 4.78 is 29.9. The molecule has 4 N–H and O–H groups in total. The fourth-order valence-corrected chi connectivity index (χ4v) is 3.84. The molecule has 0 bridgehead atoms. The summed E-state index contributed by atoms with van der Waals surface area (Å²) in [6, 6.07) is 0.210. The zero-order valence-corrected chi connectivity index (χ0v) is 12.4. The fraction of sp³-hybridized carbons (Fsp3) is 1.00. The third-order valence-electron chi connectivity index (χ3n) is 3.56. The fourth-order valence-electron chi connectivity index (χ4n) is 3.44. The van der Waals surface area contributed by atoms with E-state index in [1.165, 1.54) is 0 Å². The maximum Gasteiger partial charge on any atom is 0.266 e. The van der Waals surface area contributed by atoms with Gasteiger partial charge in [0.15, 0.2) is 0 Å². The van der Waals surface area contributed by atoms with Crippen LogP contribution in [0.2, 0.25) is 0 Å². The highest BCUT2D eigenvalue weighted by Gasteiger charge is 2.39. The Morgan fingerprint density at radius 3 is 2.44 bits per heavy atom. The van der Waals surface area contributed by atoms with Crippen LogP contribution in [0.5, 0.6) is 0 Å². The number of hydrogen-bond acceptors (Lipinski definition) is 4. The molecular weight excluding hydrogens is 252 g/mol. The van der Waals surface area contributed by atoms with Crippen LogP contribution < -0.4 is 11.1 Å². The largest absolute Gasteiger partial charge is 0.328 e. The molecule has 0 aromatic rings. The predicted molar refractivity (Wildman–Crippen MR) is 73.0 cm³/mol. The summed E-state index contributed by atoms with van der Waals surface area (Å²) in [5.41, 5.74) is 6.43. The molecule has 2 atom stereocenters. The highest BCUT2D eigenvalue weighted by Crippen LogP contribution is 2.45. The Kier molecular flexibility index (Phi) is 4.81. The molecule has 0 radical (unpaired) electrons. The number of rotatable bonds is 5. The molecule has 1 fully saturated rings. The maximum atomic E-state index is 10.6. The number of nitrogens with two attached hydrogens (primary N) is 1. The minimum absolute atomic E-state index is 0.0976. The molecule has 0 amide bonds. The second-order valence-corrected chi connectivity index (χ2v) is 8.35. The average Bonchev–Trinajstić information content (AvgIpc) is 2.06. The van der Waals surface area contributed by atoms with Gasteiger partial charge in [-0.15, -0.1) is 0 Å². The Hall–Kier alpha value is -0.170. The molecule has 0 aromatic carbocycles. The molecule has 1 aliphatic rings. The highest BCUT2D eigenvalue weighted by atomic mass is 32.2. The van der Waals surface area contributed by atoms with Gasteiger partial charge in [0.05, 0.1) is 5.75 Å². The highest BCUT2D eigenvalue weighted by molar-refractivity contribution is 7.85. The van der Waals surface area contributed by atoms with E-state index in [2.05, 4.69) is 26.1 Å². The first-order chi connectivity index (χ1) is 8.02. The first-order valence-corrected chi connectivity index (χ1v) is 8.04. The van der Waals surface area contributed by atoms with Gasteiger partial charge in [-0.05, 0) is 30.1 Å². The summed E-state index contributed by atoms with van der Waals surface area (Å²) in [4.78, 5) is 0. The van der Waals surface area contributed by atoms with Gasteiger partial charge in [0.25, 0.3) is 10.1 Å². The lowest BCUT2D eigenvalue weighted by molar-refractivity contribution is 0.0833. The van der Waals surface area contributed by atoms with Crippen LogP contribution in [0.3, 0.4) is 0 Å². The topological polar surface area (TPSA) is 92.4 Å². The van der Waals surface area contributed by atoms with Crippen LogP contribution in [0.25, 0.3) is 0 Å². The standard InChI is InChI=1S/C12H26N2O3S/c1-11(2)6-10(13)7-12(3,8-11)9-14-4-5-18(15,16)17/h10,14H,4-9,13H2,1-3H3,(H,15,16,17). The third-order valence-corrected chi connectivity index (χ3v) is 4.28. The van der Waals surface area contributed by atoms with Crippen LogP contribution in [0.1, 0.15) is 40.0 Å². The molecule has 1 aliphatic carbocycles. The van der Waals surface area contributed by atoms with Crippen LogP contribution in [0, 0.1) is 10.8 Å². The molecule has 0 aromatic heterocycles. The normalized spacial score (nSPS) is 32.4. The van der Waals surface area contributed by atoms with E-state index in [0.29, 0.717) is 0 Å². The second kappa shape index (κ2) is 5.45. The summed E-state index contributed by atoms with van der Waals surface area (Å²) in [5, 5.41) is 3.12. The van der Waals surface area contributed by atoms with Crippen LogP contribution >= 0.6 is 0 Å². The van der Waals surface area contributed by atoms with E-state index >= 15 is 0 Å². The van der Waals surface area contributed by atoms with Gasteiger partial charge in [-0.2, -0.15) is 8.42 Å². The van der Waals surface area contributed by atoms with E-state index in [-0.39, 0.29) is 29.2 Å². The van der Waals surface area contributed by atoms with E-state index in [4.69, 9.17) is 10.3 Å². The third kappa shape index (κ3) is 5.65. The van der Waals surface area contributed by atoms with Crippen molar-refractivity contribution in [3.8, 4) is 0 Å². The van der Waals surface area contributed by atoms with E-state index in [0.717, 1.165) is 25.8 Å². The van der Waals surface area contributed by atoms with Gasteiger partial charge in [0.1, 0.15) is 0 Å². The lowest BCUT2D eigenvalue weighted by Crippen LogP contribution is -2.47. The molecule has 5 nitrogen and oxygen atoms in total. The van der Waals surface area contributed by atoms with Crippen molar-refractivity contribution in [3.05, 3.63) is 0 Å². The van der Waals surface area contributed by atoms with Gasteiger partial charge in [0.2, 0.25) is 0 Å². The Labute approximate surface area is 110 Å². The molecule has 18 heavy (non-hydrogen) atoms. The van der Waals surface area contributed by atoms with Crippen molar-refractivity contribution >= 4 is 10.1 Å². The monoisotopic (exact) mass is 278 g/mol. The second-order valence-electron chi connectivity index (χ2n) is 6.78. The zero-order valence-electron chi connectivity index (χ0n) is 11.6. The van der Waals surface area contributed by atoms with Gasteiger partial charge in [-0.3, -0.25) is 4.55 Å². The molecule has 108 valence electrons. The number of hydrogen-bond donors (Lipinski definition) is 3. The van der Waals surface area contributed by atoms with Crippen molar-refractivity contribution in [2.45, 2.75) is 46.1 Å². The predicted octanol–water partition coefficient (Wildman–Crippen LogP) is 1.01. The van der Waals surface area contributed by atoms with Crippen LogP contribution in [-0.4, -0.2) is 37.9 Å². The molecule has 0 aliphatic heterocycles. The molecule has 0 spiro atoms. The summed E-state index contributed by atoms with van der Waals surface area (Å²) in [6.45, 7) is 7.66. The Morgan fingerprint density at radius 1 is 1.33 bits per heavy atom. The van der Waals surface area contributed by atoms with Crippen LogP contribution in [-0.2, 0) is 10.1 Å². The minimum atomic E-state index is -3.87. The maximum absolute atomic E-state index is 10.6. The van der Waals surface area contributed by atoms with Gasteiger partial charge >= 0.3 is 0 Å². The molecular formula is C12H26N2O3S. The minimum Gasteiger partial charge on any atom is -0.328 e. The van der Waals surface area contributed by atoms with Crippen LogP contribution in [0.4, 0.5) is 0 Å². The first-order valence-electron chi connectivity index (χ1n) is 6.43. The molecule has 2 unspecified atom stereocenters. The molecule has 1 rings (SSSR count). The quantitative estimate of drug-likeness (QED) is 0.515. The van der Waals surface area contributed by atoms with E-state index in [9.17, 15) is 8.42 Å². The van der Waals surface area contributed by atoms with Crippen LogP contribution in [0.15, 0.2) is 0 Å². The molecule has 1 saturated carbocycles. The number of nitrogens with one attached hydrogen (secondary N) is 1. The summed E-state index contributed by atoms with van der Waals surface area (Å²) in [5.74, 6) is -0.238. The lowest BCUT2D eigenvalue weighted by Gasteiger charge is -2.46. The summed E-state index contributed by atoms with van der Waals surface area (Å²) in [7, 11) is -3.87. The summed E-state index contributed by atoms with van der Waals surface area (Å²) in [6.07, 6.45) is 3.06.